The number of rotatable bonds is 15. The summed E-state index contributed by atoms with van der Waals surface area (Å²) in [6, 6.07) is 11.3. The molecule has 16 heteroatoms. The Hall–Kier alpha value is -5.25. The highest BCUT2D eigenvalue weighted by Crippen LogP contribution is 2.24. The Bertz CT molecular complexity index is 1580. The summed E-state index contributed by atoms with van der Waals surface area (Å²) < 4.78 is 28.2. The summed E-state index contributed by atoms with van der Waals surface area (Å²) in [5, 5.41) is 26.7. The summed E-state index contributed by atoms with van der Waals surface area (Å²) in [6.07, 6.45) is 0.0150. The van der Waals surface area contributed by atoms with Crippen LogP contribution in [0.3, 0.4) is 0 Å². The number of carboxylic acids is 2. The molecule has 1 aliphatic heterocycles. The van der Waals surface area contributed by atoms with Gasteiger partial charge < -0.3 is 35.8 Å². The van der Waals surface area contributed by atoms with Crippen molar-refractivity contribution in [2.75, 3.05) is 12.8 Å². The highest BCUT2D eigenvalue weighted by molar-refractivity contribution is 7.93. The van der Waals surface area contributed by atoms with Crippen LogP contribution in [-0.4, -0.2) is 90.2 Å². The van der Waals surface area contributed by atoms with E-state index in [0.717, 1.165) is 17.7 Å². The van der Waals surface area contributed by atoms with Crippen molar-refractivity contribution in [3.05, 3.63) is 83.3 Å². The van der Waals surface area contributed by atoms with Crippen LogP contribution in [0.5, 0.6) is 0 Å². The van der Waals surface area contributed by atoms with Gasteiger partial charge in [-0.15, -0.1) is 0 Å². The van der Waals surface area contributed by atoms with Crippen LogP contribution in [0.4, 0.5) is 4.79 Å². The normalized spacial score (nSPS) is 16.4. The lowest BCUT2D eigenvalue weighted by Crippen LogP contribution is -2.54. The van der Waals surface area contributed by atoms with Gasteiger partial charge in [-0.3, -0.25) is 24.0 Å². The predicted molar refractivity (Wildman–Crippen MR) is 166 cm³/mol. The molecule has 2 aromatic carbocycles. The van der Waals surface area contributed by atoms with Crippen LogP contribution in [0.25, 0.3) is 0 Å². The number of nitrogens with zero attached hydrogens (tertiary/aromatic N) is 1. The summed E-state index contributed by atoms with van der Waals surface area (Å²) in [5.74, 6) is -5.16. The standard InChI is InChI=1S/C31H36N4O11S/c1-47(44,45)16-14-22(17-25(36)37)32-29(41)24-13-8-15-35(24)30(42)27(21-11-6-3-7-12-21)34-28(40)23(18-26(38)39)33-31(43)46-19-20-9-4-2-5-10-20/h2-7,9-12,14,16,22-24,27H,8,13,15,17-19H2,1H3,(H,32,41)(H,33,43)(H,34,40)(H,36,37)(H,38,39)/b16-14+/t22-,23+,24-,27+/m1/s1. The second-order valence-corrected chi connectivity index (χ2v) is 12.7. The van der Waals surface area contributed by atoms with Crippen LogP contribution in [0.2, 0.25) is 0 Å². The predicted octanol–water partition coefficient (Wildman–Crippen LogP) is 1.12. The molecule has 0 unspecified atom stereocenters. The zero-order chi connectivity index (χ0) is 34.6. The lowest BCUT2D eigenvalue weighted by molar-refractivity contribution is -0.143. The van der Waals surface area contributed by atoms with E-state index < -0.39 is 82.6 Å². The van der Waals surface area contributed by atoms with Crippen molar-refractivity contribution in [3.63, 3.8) is 0 Å². The topological polar surface area (TPSA) is 226 Å². The molecule has 4 atom stereocenters. The fourth-order valence-corrected chi connectivity index (χ4v) is 5.28. The van der Waals surface area contributed by atoms with Crippen LogP contribution >= 0.6 is 0 Å². The zero-order valence-electron chi connectivity index (χ0n) is 25.4. The summed E-state index contributed by atoms with van der Waals surface area (Å²) in [7, 11) is -3.63. The van der Waals surface area contributed by atoms with E-state index in [0.29, 0.717) is 17.5 Å². The van der Waals surface area contributed by atoms with Crippen LogP contribution < -0.4 is 16.0 Å². The maximum atomic E-state index is 14.0. The average molecular weight is 673 g/mol. The number of nitrogens with one attached hydrogen (secondary N) is 3. The number of sulfone groups is 1. The van der Waals surface area contributed by atoms with Gasteiger partial charge in [0.05, 0.1) is 18.9 Å². The molecule has 3 rings (SSSR count). The van der Waals surface area contributed by atoms with E-state index in [4.69, 9.17) is 4.74 Å². The monoisotopic (exact) mass is 672 g/mol. The number of carboxylic acid groups (broad SMARTS) is 2. The lowest BCUT2D eigenvalue weighted by atomic mass is 10.0. The quantitative estimate of drug-likeness (QED) is 0.180. The Morgan fingerprint density at radius 2 is 1.53 bits per heavy atom. The number of alkyl carbamates (subject to hydrolysis) is 1. The summed E-state index contributed by atoms with van der Waals surface area (Å²) >= 11 is 0. The van der Waals surface area contributed by atoms with Gasteiger partial charge in [0.1, 0.15) is 24.7 Å². The van der Waals surface area contributed by atoms with Gasteiger partial charge in [-0.25, -0.2) is 13.2 Å². The van der Waals surface area contributed by atoms with E-state index in [1.165, 1.54) is 4.90 Å². The van der Waals surface area contributed by atoms with Crippen molar-refractivity contribution in [1.29, 1.82) is 0 Å². The molecule has 0 spiro atoms. The number of carbonyl (C=O) groups excluding carboxylic acids is 4. The summed E-state index contributed by atoms with van der Waals surface area (Å²) in [6.45, 7) is -0.0451. The highest BCUT2D eigenvalue weighted by Gasteiger charge is 2.39. The molecule has 0 radical (unpaired) electrons. The largest absolute Gasteiger partial charge is 0.481 e. The van der Waals surface area contributed by atoms with E-state index in [-0.39, 0.29) is 19.6 Å². The lowest BCUT2D eigenvalue weighted by Gasteiger charge is -2.30. The molecular formula is C31H36N4O11S. The maximum Gasteiger partial charge on any atom is 0.408 e. The Morgan fingerprint density at radius 1 is 0.915 bits per heavy atom. The van der Waals surface area contributed by atoms with Gasteiger partial charge in [0, 0.05) is 18.2 Å². The van der Waals surface area contributed by atoms with E-state index >= 15 is 0 Å². The summed E-state index contributed by atoms with van der Waals surface area (Å²) in [5.41, 5.74) is 0.957. The number of hydrogen-bond acceptors (Lipinski definition) is 9. The minimum atomic E-state index is -3.63. The first-order valence-electron chi connectivity index (χ1n) is 14.5. The van der Waals surface area contributed by atoms with Gasteiger partial charge in [-0.05, 0) is 24.0 Å². The van der Waals surface area contributed by atoms with Crippen molar-refractivity contribution in [1.82, 2.24) is 20.9 Å². The SMILES string of the molecule is CS(=O)(=O)/C=C/[C@H](CC(=O)O)NC(=O)[C@H]1CCCN1C(=O)[C@@H](NC(=O)[C@H](CC(=O)O)NC(=O)OCc1ccccc1)c1ccccc1. The Labute approximate surface area is 270 Å². The third kappa shape index (κ3) is 11.9. The molecule has 252 valence electrons. The Balaban J connectivity index is 1.80. The summed E-state index contributed by atoms with van der Waals surface area (Å²) in [4.78, 5) is 77.2. The number of aliphatic carboxylic acids is 2. The first-order valence-corrected chi connectivity index (χ1v) is 16.4. The molecule has 4 amide bonds. The van der Waals surface area contributed by atoms with E-state index in [1.807, 2.05) is 0 Å². The molecule has 0 bridgehead atoms. The van der Waals surface area contributed by atoms with Crippen molar-refractivity contribution in [2.45, 2.75) is 56.5 Å². The molecular weight excluding hydrogens is 636 g/mol. The van der Waals surface area contributed by atoms with Crippen molar-refractivity contribution >= 4 is 45.6 Å². The Kier molecular flexibility index (Phi) is 13.0. The van der Waals surface area contributed by atoms with Gasteiger partial charge in [0.2, 0.25) is 17.7 Å². The fourth-order valence-electron chi connectivity index (χ4n) is 4.81. The molecule has 0 saturated carbocycles. The van der Waals surface area contributed by atoms with Gasteiger partial charge >= 0.3 is 18.0 Å². The number of ether oxygens (including phenoxy) is 1. The second kappa shape index (κ2) is 16.9. The first kappa shape index (κ1) is 36.2. The molecule has 0 aromatic heterocycles. The second-order valence-electron chi connectivity index (χ2n) is 10.8. The number of benzene rings is 2. The highest BCUT2D eigenvalue weighted by atomic mass is 32.2. The number of hydrogen-bond donors (Lipinski definition) is 5. The molecule has 0 aliphatic carbocycles. The number of amides is 4. The van der Waals surface area contributed by atoms with Gasteiger partial charge in [-0.1, -0.05) is 66.7 Å². The Morgan fingerprint density at radius 3 is 2.13 bits per heavy atom. The molecule has 1 aliphatic rings. The molecule has 47 heavy (non-hydrogen) atoms. The molecule has 1 saturated heterocycles. The molecule has 2 aromatic rings. The smallest absolute Gasteiger partial charge is 0.408 e. The van der Waals surface area contributed by atoms with Crippen molar-refractivity contribution in [2.24, 2.45) is 0 Å². The minimum Gasteiger partial charge on any atom is -0.481 e. The van der Waals surface area contributed by atoms with E-state index in [9.17, 15) is 47.4 Å². The molecule has 15 nitrogen and oxygen atoms in total. The molecule has 1 heterocycles. The first-order chi connectivity index (χ1) is 22.2. The van der Waals surface area contributed by atoms with Crippen molar-refractivity contribution < 1.29 is 52.1 Å². The van der Waals surface area contributed by atoms with Crippen LogP contribution in [0.15, 0.2) is 72.1 Å². The fraction of sp³-hybridized carbons (Fsp3) is 0.355. The molecule has 1 fully saturated rings. The van der Waals surface area contributed by atoms with Gasteiger partial charge in [0.25, 0.3) is 0 Å². The van der Waals surface area contributed by atoms with Gasteiger partial charge in [-0.2, -0.15) is 0 Å². The number of carbonyl (C=O) groups is 6. The zero-order valence-corrected chi connectivity index (χ0v) is 26.2. The third-order valence-electron chi connectivity index (χ3n) is 6.99. The van der Waals surface area contributed by atoms with Crippen LogP contribution in [0, 0.1) is 0 Å². The van der Waals surface area contributed by atoms with E-state index in [2.05, 4.69) is 16.0 Å². The van der Waals surface area contributed by atoms with Gasteiger partial charge in [0.15, 0.2) is 9.84 Å². The third-order valence-corrected chi connectivity index (χ3v) is 7.64. The average Bonchev–Trinajstić information content (AvgIpc) is 3.51. The number of likely N-dealkylation sites (tertiary alicyclic amines) is 1. The van der Waals surface area contributed by atoms with Crippen LogP contribution in [-0.2, 0) is 45.2 Å². The van der Waals surface area contributed by atoms with Crippen molar-refractivity contribution in [3.8, 4) is 0 Å². The maximum absolute atomic E-state index is 14.0. The molecule has 5 N–H and O–H groups in total. The minimum absolute atomic E-state index is 0.0987. The van der Waals surface area contributed by atoms with E-state index in [1.54, 1.807) is 60.7 Å². The van der Waals surface area contributed by atoms with Crippen LogP contribution in [0.1, 0.15) is 42.9 Å².